The van der Waals surface area contributed by atoms with E-state index in [1.165, 1.54) is 7.11 Å². The van der Waals surface area contributed by atoms with Crippen LogP contribution in [0.4, 0.5) is 8.78 Å². The standard InChI is InChI=1S/C17H25F2N3O2/c1-20-17(21-10-6-4-3-5-7-16(23)24-2)22-12-13-11-14(18)8-9-15(13)19/h8-9,11H,3-7,10,12H2,1-2H3,(H2,20,21,22). The lowest BCUT2D eigenvalue weighted by molar-refractivity contribution is -0.140. The minimum Gasteiger partial charge on any atom is -0.469 e. The molecule has 0 aliphatic carbocycles. The van der Waals surface area contributed by atoms with E-state index >= 15 is 0 Å². The number of ether oxygens (including phenoxy) is 1. The van der Waals surface area contributed by atoms with Crippen molar-refractivity contribution in [2.45, 2.75) is 38.6 Å². The number of rotatable bonds is 9. The topological polar surface area (TPSA) is 62.7 Å². The molecule has 0 unspecified atom stereocenters. The number of hydrogen-bond donors (Lipinski definition) is 2. The number of nitrogens with zero attached hydrogens (tertiary/aromatic N) is 1. The smallest absolute Gasteiger partial charge is 0.305 e. The van der Waals surface area contributed by atoms with Crippen molar-refractivity contribution in [3.63, 3.8) is 0 Å². The minimum absolute atomic E-state index is 0.155. The number of halogens is 2. The van der Waals surface area contributed by atoms with Gasteiger partial charge in [0.1, 0.15) is 11.6 Å². The fraction of sp³-hybridized carbons (Fsp3) is 0.529. The van der Waals surface area contributed by atoms with E-state index in [-0.39, 0.29) is 18.1 Å². The molecule has 0 saturated carbocycles. The van der Waals surface area contributed by atoms with E-state index in [1.807, 2.05) is 0 Å². The summed E-state index contributed by atoms with van der Waals surface area (Å²) in [7, 11) is 3.01. The number of hydrogen-bond acceptors (Lipinski definition) is 3. The van der Waals surface area contributed by atoms with Crippen LogP contribution in [0, 0.1) is 11.6 Å². The molecule has 0 radical (unpaired) electrons. The van der Waals surface area contributed by atoms with Crippen LogP contribution >= 0.6 is 0 Å². The Balaban J connectivity index is 2.19. The molecule has 24 heavy (non-hydrogen) atoms. The fourth-order valence-electron chi connectivity index (χ4n) is 2.14. The summed E-state index contributed by atoms with van der Waals surface area (Å²) in [5, 5.41) is 6.07. The summed E-state index contributed by atoms with van der Waals surface area (Å²) in [5.74, 6) is -0.566. The zero-order valence-corrected chi connectivity index (χ0v) is 14.2. The molecule has 2 N–H and O–H groups in total. The highest BCUT2D eigenvalue weighted by Crippen LogP contribution is 2.09. The maximum Gasteiger partial charge on any atom is 0.305 e. The molecule has 0 spiro atoms. The molecule has 0 aliphatic heterocycles. The number of guanidine groups is 1. The number of unbranched alkanes of at least 4 members (excludes halogenated alkanes) is 3. The fourth-order valence-corrected chi connectivity index (χ4v) is 2.14. The van der Waals surface area contributed by atoms with E-state index < -0.39 is 11.6 Å². The lowest BCUT2D eigenvalue weighted by atomic mass is 10.1. The molecular weight excluding hydrogens is 316 g/mol. The van der Waals surface area contributed by atoms with Crippen molar-refractivity contribution in [1.82, 2.24) is 10.6 Å². The Kier molecular flexibility index (Phi) is 9.41. The molecule has 0 heterocycles. The molecule has 0 amide bonds. The van der Waals surface area contributed by atoms with Gasteiger partial charge >= 0.3 is 5.97 Å². The first-order chi connectivity index (χ1) is 11.6. The van der Waals surface area contributed by atoms with Crippen LogP contribution in [0.25, 0.3) is 0 Å². The normalized spacial score (nSPS) is 11.2. The predicted molar refractivity (Wildman–Crippen MR) is 89.7 cm³/mol. The first kappa shape index (κ1) is 19.9. The highest BCUT2D eigenvalue weighted by molar-refractivity contribution is 5.79. The van der Waals surface area contributed by atoms with Gasteiger partial charge in [-0.25, -0.2) is 8.78 Å². The number of nitrogens with one attached hydrogen (secondary N) is 2. The molecule has 1 rings (SSSR count). The molecule has 0 fully saturated rings. The van der Waals surface area contributed by atoms with Gasteiger partial charge in [-0.3, -0.25) is 9.79 Å². The molecular formula is C17H25F2N3O2. The van der Waals surface area contributed by atoms with Crippen LogP contribution in [0.3, 0.4) is 0 Å². The SMILES string of the molecule is CN=C(NCCCCCCC(=O)OC)NCc1cc(F)ccc1F. The molecule has 0 atom stereocenters. The zero-order valence-electron chi connectivity index (χ0n) is 14.2. The third-order valence-electron chi connectivity index (χ3n) is 3.51. The second-order valence-electron chi connectivity index (χ2n) is 5.33. The zero-order chi connectivity index (χ0) is 17.8. The summed E-state index contributed by atoms with van der Waals surface area (Å²) >= 11 is 0. The number of esters is 1. The van der Waals surface area contributed by atoms with Gasteiger partial charge in [-0.05, 0) is 31.0 Å². The summed E-state index contributed by atoms with van der Waals surface area (Å²) in [5.41, 5.74) is 0.251. The quantitative estimate of drug-likeness (QED) is 0.314. The largest absolute Gasteiger partial charge is 0.469 e. The monoisotopic (exact) mass is 341 g/mol. The summed E-state index contributed by atoms with van der Waals surface area (Å²) in [4.78, 5) is 15.0. The van der Waals surface area contributed by atoms with Crippen molar-refractivity contribution in [2.24, 2.45) is 4.99 Å². The Morgan fingerprint density at radius 1 is 1.17 bits per heavy atom. The van der Waals surface area contributed by atoms with E-state index in [9.17, 15) is 13.6 Å². The number of benzene rings is 1. The Bertz CT molecular complexity index is 551. The average molecular weight is 341 g/mol. The van der Waals surface area contributed by atoms with Crippen molar-refractivity contribution in [3.05, 3.63) is 35.4 Å². The summed E-state index contributed by atoms with van der Waals surface area (Å²) in [6.45, 7) is 0.867. The minimum atomic E-state index is -0.469. The molecule has 0 bridgehead atoms. The number of aliphatic imine (C=N–C) groups is 1. The van der Waals surface area contributed by atoms with E-state index in [2.05, 4.69) is 20.4 Å². The first-order valence-corrected chi connectivity index (χ1v) is 8.02. The van der Waals surface area contributed by atoms with Gasteiger partial charge in [-0.1, -0.05) is 12.8 Å². The second-order valence-corrected chi connectivity index (χ2v) is 5.33. The van der Waals surface area contributed by atoms with Crippen molar-refractivity contribution in [3.8, 4) is 0 Å². The molecule has 5 nitrogen and oxygen atoms in total. The maximum absolute atomic E-state index is 13.5. The van der Waals surface area contributed by atoms with Crippen LogP contribution in [0.1, 0.15) is 37.7 Å². The molecule has 0 saturated heterocycles. The molecule has 0 aliphatic rings. The third kappa shape index (κ3) is 7.89. The van der Waals surface area contributed by atoms with E-state index in [0.717, 1.165) is 43.9 Å². The van der Waals surface area contributed by atoms with Crippen molar-refractivity contribution >= 4 is 11.9 Å². The molecule has 1 aromatic carbocycles. The Hall–Kier alpha value is -2.18. The lowest BCUT2D eigenvalue weighted by Gasteiger charge is -2.12. The first-order valence-electron chi connectivity index (χ1n) is 8.02. The van der Waals surface area contributed by atoms with Gasteiger partial charge in [-0.15, -0.1) is 0 Å². The average Bonchev–Trinajstić information content (AvgIpc) is 2.59. The second kappa shape index (κ2) is 11.4. The summed E-state index contributed by atoms with van der Waals surface area (Å²) in [6.07, 6.45) is 4.14. The highest BCUT2D eigenvalue weighted by Gasteiger charge is 2.05. The van der Waals surface area contributed by atoms with Crippen LogP contribution in [-0.4, -0.2) is 32.6 Å². The van der Waals surface area contributed by atoms with Gasteiger partial charge in [0, 0.05) is 32.1 Å². The van der Waals surface area contributed by atoms with Crippen molar-refractivity contribution < 1.29 is 18.3 Å². The Morgan fingerprint density at radius 3 is 2.62 bits per heavy atom. The van der Waals surface area contributed by atoms with E-state index in [1.54, 1.807) is 7.05 Å². The highest BCUT2D eigenvalue weighted by atomic mass is 19.1. The predicted octanol–water partition coefficient (Wildman–Crippen LogP) is 2.75. The van der Waals surface area contributed by atoms with Crippen LogP contribution in [0.5, 0.6) is 0 Å². The van der Waals surface area contributed by atoms with Gasteiger partial charge < -0.3 is 15.4 Å². The van der Waals surface area contributed by atoms with Crippen LogP contribution < -0.4 is 10.6 Å². The van der Waals surface area contributed by atoms with Gasteiger partial charge in [0.05, 0.1) is 7.11 Å². The number of methoxy groups -OCH3 is 1. The van der Waals surface area contributed by atoms with Crippen LogP contribution in [0.2, 0.25) is 0 Å². The van der Waals surface area contributed by atoms with Gasteiger partial charge in [0.2, 0.25) is 0 Å². The summed E-state index contributed by atoms with van der Waals surface area (Å²) in [6, 6.07) is 3.36. The molecule has 1 aromatic rings. The van der Waals surface area contributed by atoms with Crippen molar-refractivity contribution in [2.75, 3.05) is 20.7 Å². The lowest BCUT2D eigenvalue weighted by Crippen LogP contribution is -2.37. The maximum atomic E-state index is 13.5. The van der Waals surface area contributed by atoms with E-state index in [0.29, 0.717) is 18.9 Å². The molecule has 7 heteroatoms. The summed E-state index contributed by atoms with van der Waals surface area (Å²) < 4.78 is 31.2. The van der Waals surface area contributed by atoms with Gasteiger partial charge in [0.15, 0.2) is 5.96 Å². The van der Waals surface area contributed by atoms with Crippen LogP contribution in [0.15, 0.2) is 23.2 Å². The third-order valence-corrected chi connectivity index (χ3v) is 3.51. The van der Waals surface area contributed by atoms with Crippen molar-refractivity contribution in [1.29, 1.82) is 0 Å². The molecule has 134 valence electrons. The Labute approximate surface area is 141 Å². The number of carbonyl (C=O) groups excluding carboxylic acids is 1. The molecule has 0 aromatic heterocycles. The number of carbonyl (C=O) groups is 1. The van der Waals surface area contributed by atoms with Gasteiger partial charge in [0.25, 0.3) is 0 Å². The van der Waals surface area contributed by atoms with Crippen LogP contribution in [-0.2, 0) is 16.1 Å². The Morgan fingerprint density at radius 2 is 1.92 bits per heavy atom. The van der Waals surface area contributed by atoms with E-state index in [4.69, 9.17) is 0 Å². The van der Waals surface area contributed by atoms with Gasteiger partial charge in [-0.2, -0.15) is 0 Å².